The number of carbonyl (C=O) groups excluding carboxylic acids is 1. The molecule has 3 aromatic heterocycles. The number of H-pyrrole nitrogens is 1. The van der Waals surface area contributed by atoms with Gasteiger partial charge in [0.1, 0.15) is 11.0 Å². The molecule has 3 heterocycles. The second-order valence-corrected chi connectivity index (χ2v) is 5.24. The number of hydrogen-bond donors (Lipinski definition) is 2. The molecule has 8 heteroatoms. The molecule has 0 bridgehead atoms. The van der Waals surface area contributed by atoms with Crippen LogP contribution in [0.15, 0.2) is 42.9 Å². The number of nitrogens with one attached hydrogen (secondary N) is 2. The highest BCUT2D eigenvalue weighted by Gasteiger charge is 2.16. The summed E-state index contributed by atoms with van der Waals surface area (Å²) in [6, 6.07) is 6.51. The van der Waals surface area contributed by atoms with E-state index >= 15 is 0 Å². The summed E-state index contributed by atoms with van der Waals surface area (Å²) in [6.45, 7) is 1.81. The van der Waals surface area contributed by atoms with Crippen molar-refractivity contribution < 1.29 is 4.79 Å². The van der Waals surface area contributed by atoms with E-state index in [9.17, 15) is 4.79 Å². The Hall–Kier alpha value is -2.80. The molecule has 0 fully saturated rings. The van der Waals surface area contributed by atoms with Gasteiger partial charge < -0.3 is 5.32 Å². The van der Waals surface area contributed by atoms with Gasteiger partial charge in [-0.05, 0) is 31.2 Å². The van der Waals surface area contributed by atoms with E-state index < -0.39 is 0 Å². The van der Waals surface area contributed by atoms with Gasteiger partial charge in [-0.3, -0.25) is 14.9 Å². The van der Waals surface area contributed by atoms with Gasteiger partial charge in [-0.1, -0.05) is 11.6 Å². The van der Waals surface area contributed by atoms with Crippen molar-refractivity contribution in [2.45, 2.75) is 13.0 Å². The van der Waals surface area contributed by atoms with E-state index in [1.165, 1.54) is 6.20 Å². The van der Waals surface area contributed by atoms with Crippen LogP contribution in [0.2, 0.25) is 5.15 Å². The van der Waals surface area contributed by atoms with Crippen molar-refractivity contribution in [3.05, 3.63) is 59.4 Å². The van der Waals surface area contributed by atoms with E-state index in [0.717, 1.165) is 5.56 Å². The van der Waals surface area contributed by atoms with E-state index in [0.29, 0.717) is 22.4 Å². The Kier molecular flexibility index (Phi) is 4.29. The van der Waals surface area contributed by atoms with Gasteiger partial charge >= 0.3 is 0 Å². The van der Waals surface area contributed by atoms with Gasteiger partial charge in [0.2, 0.25) is 0 Å². The quantitative estimate of drug-likeness (QED) is 0.717. The van der Waals surface area contributed by atoms with Crippen molar-refractivity contribution in [2.75, 3.05) is 0 Å². The first-order valence-electron chi connectivity index (χ1n) is 6.88. The molecular formula is C15H13ClN6O. The van der Waals surface area contributed by atoms with Gasteiger partial charge in [-0.15, -0.1) is 0 Å². The van der Waals surface area contributed by atoms with Crippen molar-refractivity contribution in [3.63, 3.8) is 0 Å². The second-order valence-electron chi connectivity index (χ2n) is 4.85. The SMILES string of the molecule is C[C@H](NC(=O)c1ccc(Cl)nc1)c1nc(-c2cccnc2)n[nH]1. The first kappa shape index (κ1) is 15.1. The summed E-state index contributed by atoms with van der Waals surface area (Å²) in [5.41, 5.74) is 1.23. The number of carbonyl (C=O) groups is 1. The average molecular weight is 329 g/mol. The van der Waals surface area contributed by atoms with E-state index in [4.69, 9.17) is 11.6 Å². The predicted octanol–water partition coefficient (Wildman–Crippen LogP) is 2.41. The third kappa shape index (κ3) is 3.51. The van der Waals surface area contributed by atoms with Crippen LogP contribution < -0.4 is 5.32 Å². The molecule has 2 N–H and O–H groups in total. The molecule has 7 nitrogen and oxygen atoms in total. The van der Waals surface area contributed by atoms with Gasteiger partial charge in [-0.2, -0.15) is 5.10 Å². The molecule has 3 rings (SSSR count). The molecule has 1 amide bonds. The molecular weight excluding hydrogens is 316 g/mol. The first-order valence-corrected chi connectivity index (χ1v) is 7.26. The standard InChI is InChI=1S/C15H13ClN6O/c1-9(19-15(23)11-4-5-12(16)18-8-11)13-20-14(22-21-13)10-3-2-6-17-7-10/h2-9H,1H3,(H,19,23)(H,20,21,22)/t9-/m0/s1. The number of aromatic amines is 1. The van der Waals surface area contributed by atoms with Gasteiger partial charge in [0.25, 0.3) is 5.91 Å². The van der Waals surface area contributed by atoms with Crippen LogP contribution in [0.25, 0.3) is 11.4 Å². The Morgan fingerprint density at radius 1 is 1.30 bits per heavy atom. The summed E-state index contributed by atoms with van der Waals surface area (Å²) in [6.07, 6.45) is 4.78. The highest BCUT2D eigenvalue weighted by Crippen LogP contribution is 2.15. The maximum absolute atomic E-state index is 12.2. The van der Waals surface area contributed by atoms with Crippen LogP contribution >= 0.6 is 11.6 Å². The van der Waals surface area contributed by atoms with Crippen LogP contribution in [0.1, 0.15) is 29.1 Å². The van der Waals surface area contributed by atoms with Crippen molar-refractivity contribution >= 4 is 17.5 Å². The van der Waals surface area contributed by atoms with E-state index in [1.807, 2.05) is 19.1 Å². The Morgan fingerprint density at radius 3 is 2.87 bits per heavy atom. The molecule has 0 aliphatic carbocycles. The lowest BCUT2D eigenvalue weighted by Gasteiger charge is -2.10. The van der Waals surface area contributed by atoms with Gasteiger partial charge in [0, 0.05) is 24.2 Å². The Morgan fingerprint density at radius 2 is 2.17 bits per heavy atom. The third-order valence-corrected chi connectivity index (χ3v) is 3.39. The van der Waals surface area contributed by atoms with Crippen LogP contribution in [0.4, 0.5) is 0 Å². The molecule has 0 aliphatic heterocycles. The summed E-state index contributed by atoms with van der Waals surface area (Å²) in [5.74, 6) is 0.822. The summed E-state index contributed by atoms with van der Waals surface area (Å²) in [5, 5.41) is 10.1. The lowest BCUT2D eigenvalue weighted by molar-refractivity contribution is 0.0938. The van der Waals surface area contributed by atoms with E-state index in [2.05, 4.69) is 30.5 Å². The van der Waals surface area contributed by atoms with Crippen molar-refractivity contribution in [3.8, 4) is 11.4 Å². The highest BCUT2D eigenvalue weighted by molar-refractivity contribution is 6.29. The normalized spacial score (nSPS) is 11.9. The first-order chi connectivity index (χ1) is 11.1. The fraction of sp³-hybridized carbons (Fsp3) is 0.133. The number of aromatic nitrogens is 5. The minimum Gasteiger partial charge on any atom is -0.342 e. The maximum atomic E-state index is 12.2. The largest absolute Gasteiger partial charge is 0.342 e. The van der Waals surface area contributed by atoms with Crippen LogP contribution in [0, 0.1) is 0 Å². The lowest BCUT2D eigenvalue weighted by atomic mass is 10.2. The molecule has 0 saturated carbocycles. The average Bonchev–Trinajstić information content (AvgIpc) is 3.06. The summed E-state index contributed by atoms with van der Waals surface area (Å²) in [7, 11) is 0. The van der Waals surface area contributed by atoms with Crippen molar-refractivity contribution in [1.29, 1.82) is 0 Å². The molecule has 0 unspecified atom stereocenters. The van der Waals surface area contributed by atoms with Crippen LogP contribution in [0.5, 0.6) is 0 Å². The Labute approximate surface area is 137 Å². The zero-order valence-corrected chi connectivity index (χ0v) is 12.9. The number of rotatable bonds is 4. The van der Waals surface area contributed by atoms with Gasteiger partial charge in [0.05, 0.1) is 11.6 Å². The van der Waals surface area contributed by atoms with Crippen LogP contribution in [-0.2, 0) is 0 Å². The molecule has 0 aliphatic rings. The number of amides is 1. The molecule has 1 atom stereocenters. The fourth-order valence-corrected chi connectivity index (χ4v) is 2.06. The Bertz CT molecular complexity index is 802. The molecule has 0 saturated heterocycles. The molecule has 23 heavy (non-hydrogen) atoms. The number of hydrogen-bond acceptors (Lipinski definition) is 5. The number of pyridine rings is 2. The van der Waals surface area contributed by atoms with Crippen LogP contribution in [0.3, 0.4) is 0 Å². The molecule has 0 spiro atoms. The molecule has 0 aromatic carbocycles. The van der Waals surface area contributed by atoms with E-state index in [-0.39, 0.29) is 11.9 Å². The smallest absolute Gasteiger partial charge is 0.253 e. The fourth-order valence-electron chi connectivity index (χ4n) is 1.95. The zero-order chi connectivity index (χ0) is 16.2. The van der Waals surface area contributed by atoms with Gasteiger partial charge in [0.15, 0.2) is 5.82 Å². The second kappa shape index (κ2) is 6.53. The summed E-state index contributed by atoms with van der Waals surface area (Å²) < 4.78 is 0. The number of nitrogens with zero attached hydrogens (tertiary/aromatic N) is 4. The third-order valence-electron chi connectivity index (χ3n) is 3.17. The monoisotopic (exact) mass is 328 g/mol. The zero-order valence-electron chi connectivity index (χ0n) is 12.2. The van der Waals surface area contributed by atoms with Crippen molar-refractivity contribution in [2.24, 2.45) is 0 Å². The molecule has 0 radical (unpaired) electrons. The minimum absolute atomic E-state index is 0.263. The number of halogens is 1. The van der Waals surface area contributed by atoms with Gasteiger partial charge in [-0.25, -0.2) is 9.97 Å². The molecule has 116 valence electrons. The van der Waals surface area contributed by atoms with Crippen LogP contribution in [-0.4, -0.2) is 31.1 Å². The van der Waals surface area contributed by atoms with E-state index in [1.54, 1.807) is 24.5 Å². The maximum Gasteiger partial charge on any atom is 0.253 e. The highest BCUT2D eigenvalue weighted by atomic mass is 35.5. The molecule has 3 aromatic rings. The lowest BCUT2D eigenvalue weighted by Crippen LogP contribution is -2.27. The topological polar surface area (TPSA) is 96.5 Å². The summed E-state index contributed by atoms with van der Waals surface area (Å²) in [4.78, 5) is 24.4. The summed E-state index contributed by atoms with van der Waals surface area (Å²) >= 11 is 5.71. The Balaban J connectivity index is 1.71. The minimum atomic E-state index is -0.337. The van der Waals surface area contributed by atoms with Crippen molar-refractivity contribution in [1.82, 2.24) is 30.5 Å². The predicted molar refractivity (Wildman–Crippen MR) is 84.7 cm³/mol.